The Morgan fingerprint density at radius 1 is 1.24 bits per heavy atom. The molecule has 0 aliphatic rings. The first-order valence-electron chi connectivity index (χ1n) is 5.64. The lowest BCUT2D eigenvalue weighted by molar-refractivity contribution is 0.0935. The predicted octanol–water partition coefficient (Wildman–Crippen LogP) is 4.36. The maximum atomic E-state index is 11.9. The highest BCUT2D eigenvalue weighted by molar-refractivity contribution is 9.10. The first kappa shape index (κ1) is 12.4. The minimum atomic E-state index is -0.0798. The molecule has 0 aliphatic heterocycles. The summed E-state index contributed by atoms with van der Waals surface area (Å²) < 4.78 is 2.83. The Bertz CT molecular complexity index is 590. The molecule has 0 aliphatic carbocycles. The second kappa shape index (κ2) is 3.98. The number of carbonyl (C=O) groups excluding carboxylic acids is 1. The molecule has 17 heavy (non-hydrogen) atoms. The molecule has 1 heterocycles. The van der Waals surface area contributed by atoms with E-state index in [1.54, 1.807) is 11.5 Å². The van der Waals surface area contributed by atoms with Gasteiger partial charge < -0.3 is 0 Å². The maximum absolute atomic E-state index is 11.9. The normalized spacial score (nSPS) is 12.1. The van der Waals surface area contributed by atoms with Crippen LogP contribution in [0.1, 0.15) is 38.2 Å². The van der Waals surface area contributed by atoms with E-state index >= 15 is 0 Å². The van der Waals surface area contributed by atoms with Crippen LogP contribution >= 0.6 is 15.9 Å². The molecule has 0 radical (unpaired) electrons. The summed E-state index contributed by atoms with van der Waals surface area (Å²) in [4.78, 5) is 11.9. The third-order valence-corrected chi connectivity index (χ3v) is 3.64. The Morgan fingerprint density at radius 2 is 1.82 bits per heavy atom. The fourth-order valence-corrected chi connectivity index (χ4v) is 3.30. The highest BCUT2D eigenvalue weighted by Gasteiger charge is 2.26. The van der Waals surface area contributed by atoms with Crippen LogP contribution in [0, 0.1) is 0 Å². The second-order valence-corrected chi connectivity index (χ2v) is 6.08. The van der Waals surface area contributed by atoms with Crippen LogP contribution in [0.3, 0.4) is 0 Å². The molecule has 0 N–H and O–H groups in total. The molecule has 1 aromatic heterocycles. The van der Waals surface area contributed by atoms with Crippen molar-refractivity contribution < 1.29 is 4.79 Å². The molecule has 0 amide bonds. The van der Waals surface area contributed by atoms with Gasteiger partial charge in [0.05, 0.1) is 5.52 Å². The van der Waals surface area contributed by atoms with Crippen LogP contribution in [0.15, 0.2) is 28.7 Å². The van der Waals surface area contributed by atoms with Crippen molar-refractivity contribution in [2.75, 3.05) is 0 Å². The fourth-order valence-electron chi connectivity index (χ4n) is 2.19. The van der Waals surface area contributed by atoms with Crippen molar-refractivity contribution in [3.05, 3.63) is 34.4 Å². The molecule has 2 rings (SSSR count). The number of fused-ring (bicyclic) bond motifs is 1. The fraction of sp³-hybridized carbons (Fsp3) is 0.357. The highest BCUT2D eigenvalue weighted by atomic mass is 79.9. The van der Waals surface area contributed by atoms with Gasteiger partial charge in [-0.2, -0.15) is 0 Å². The van der Waals surface area contributed by atoms with E-state index in [0.29, 0.717) is 0 Å². The zero-order chi connectivity index (χ0) is 12.8. The number of halogens is 1. The number of nitrogens with zero attached hydrogens (tertiary/aromatic N) is 1. The Labute approximate surface area is 110 Å². The molecule has 0 unspecified atom stereocenters. The third-order valence-electron chi connectivity index (χ3n) is 2.84. The van der Waals surface area contributed by atoms with E-state index < -0.39 is 0 Å². The van der Waals surface area contributed by atoms with Crippen LogP contribution in [0.4, 0.5) is 0 Å². The Morgan fingerprint density at radius 3 is 2.35 bits per heavy atom. The number of rotatable bonds is 0. The van der Waals surface area contributed by atoms with E-state index in [0.717, 1.165) is 21.1 Å². The van der Waals surface area contributed by atoms with Gasteiger partial charge in [-0.25, -0.2) is 0 Å². The molecule has 90 valence electrons. The summed E-state index contributed by atoms with van der Waals surface area (Å²) >= 11 is 3.63. The first-order valence-corrected chi connectivity index (χ1v) is 6.43. The maximum Gasteiger partial charge on any atom is 0.228 e. The molecule has 0 saturated heterocycles. The lowest BCUT2D eigenvalue weighted by atomic mass is 9.92. The third kappa shape index (κ3) is 1.93. The van der Waals surface area contributed by atoms with Gasteiger partial charge in [-0.05, 0) is 22.0 Å². The summed E-state index contributed by atoms with van der Waals surface area (Å²) in [7, 11) is 0. The standard InChI is InChI=1S/C14H16BrNO/c1-9(17)16-11-8-6-5-7-10(11)12(15)13(16)14(2,3)4/h5-8H,1-4H3. The van der Waals surface area contributed by atoms with Crippen molar-refractivity contribution >= 4 is 32.7 Å². The van der Waals surface area contributed by atoms with Gasteiger partial charge in [-0.1, -0.05) is 39.0 Å². The summed E-state index contributed by atoms with van der Waals surface area (Å²) in [6, 6.07) is 7.97. The van der Waals surface area contributed by atoms with Crippen molar-refractivity contribution in [3.63, 3.8) is 0 Å². The molecular formula is C14H16BrNO. The summed E-state index contributed by atoms with van der Waals surface area (Å²) in [5.41, 5.74) is 1.92. The number of carbonyl (C=O) groups is 1. The van der Waals surface area contributed by atoms with Crippen LogP contribution in [0.2, 0.25) is 0 Å². The molecule has 0 fully saturated rings. The smallest absolute Gasteiger partial charge is 0.228 e. The van der Waals surface area contributed by atoms with Crippen LogP contribution in [-0.2, 0) is 5.41 Å². The molecule has 0 saturated carbocycles. The number of benzene rings is 1. The van der Waals surface area contributed by atoms with Crippen molar-refractivity contribution in [3.8, 4) is 0 Å². The lowest BCUT2D eigenvalue weighted by Gasteiger charge is -2.21. The van der Waals surface area contributed by atoms with Crippen LogP contribution in [-0.4, -0.2) is 10.5 Å². The number of hydrogen-bond donors (Lipinski definition) is 0. The first-order chi connectivity index (χ1) is 7.84. The van der Waals surface area contributed by atoms with Gasteiger partial charge in [0.2, 0.25) is 5.91 Å². The zero-order valence-electron chi connectivity index (χ0n) is 10.5. The summed E-state index contributed by atoms with van der Waals surface area (Å²) in [6.45, 7) is 7.95. The van der Waals surface area contributed by atoms with Gasteiger partial charge >= 0.3 is 0 Å². The van der Waals surface area contributed by atoms with E-state index in [2.05, 4.69) is 36.7 Å². The topological polar surface area (TPSA) is 22.0 Å². The van der Waals surface area contributed by atoms with Gasteiger partial charge in [0, 0.05) is 27.9 Å². The van der Waals surface area contributed by atoms with Gasteiger partial charge in [-0.15, -0.1) is 0 Å². The molecule has 2 aromatic rings. The summed E-state index contributed by atoms with van der Waals surface area (Å²) in [5, 5.41) is 1.09. The lowest BCUT2D eigenvalue weighted by Crippen LogP contribution is -2.21. The number of aromatic nitrogens is 1. The molecule has 0 spiro atoms. The predicted molar refractivity (Wildman–Crippen MR) is 74.6 cm³/mol. The quantitative estimate of drug-likeness (QED) is 0.707. The molecular weight excluding hydrogens is 278 g/mol. The van der Waals surface area contributed by atoms with Crippen molar-refractivity contribution in [1.82, 2.24) is 4.57 Å². The SMILES string of the molecule is CC(=O)n1c(C(C)(C)C)c(Br)c2ccccc21. The number of para-hydroxylation sites is 1. The van der Waals surface area contributed by atoms with Crippen molar-refractivity contribution in [1.29, 1.82) is 0 Å². The summed E-state index contributed by atoms with van der Waals surface area (Å²) in [6.07, 6.45) is 0. The molecule has 2 nitrogen and oxygen atoms in total. The van der Waals surface area contributed by atoms with Gasteiger partial charge in [0.15, 0.2) is 0 Å². The minimum Gasteiger partial charge on any atom is -0.283 e. The van der Waals surface area contributed by atoms with Crippen molar-refractivity contribution in [2.45, 2.75) is 33.1 Å². The van der Waals surface area contributed by atoms with E-state index in [9.17, 15) is 4.79 Å². The average molecular weight is 294 g/mol. The van der Waals surface area contributed by atoms with Crippen LogP contribution < -0.4 is 0 Å². The zero-order valence-corrected chi connectivity index (χ0v) is 12.1. The largest absolute Gasteiger partial charge is 0.283 e. The average Bonchev–Trinajstić information content (AvgIpc) is 2.52. The molecule has 0 atom stereocenters. The van der Waals surface area contributed by atoms with Gasteiger partial charge in [-0.3, -0.25) is 9.36 Å². The Kier molecular flexibility index (Phi) is 2.90. The highest BCUT2D eigenvalue weighted by Crippen LogP contribution is 2.37. The minimum absolute atomic E-state index is 0.0526. The van der Waals surface area contributed by atoms with E-state index in [1.807, 2.05) is 24.3 Å². The molecule has 1 aromatic carbocycles. The van der Waals surface area contributed by atoms with Crippen LogP contribution in [0.5, 0.6) is 0 Å². The van der Waals surface area contributed by atoms with E-state index in [-0.39, 0.29) is 11.3 Å². The molecule has 0 bridgehead atoms. The Balaban J connectivity index is 2.96. The summed E-state index contributed by atoms with van der Waals surface area (Å²) in [5.74, 6) is 0.0526. The second-order valence-electron chi connectivity index (χ2n) is 5.28. The Hall–Kier alpha value is -1.09. The van der Waals surface area contributed by atoms with Gasteiger partial charge in [0.1, 0.15) is 0 Å². The van der Waals surface area contributed by atoms with E-state index in [4.69, 9.17) is 0 Å². The molecule has 3 heteroatoms. The van der Waals surface area contributed by atoms with E-state index in [1.165, 1.54) is 0 Å². The van der Waals surface area contributed by atoms with Gasteiger partial charge in [0.25, 0.3) is 0 Å². The van der Waals surface area contributed by atoms with Crippen LogP contribution in [0.25, 0.3) is 10.9 Å². The monoisotopic (exact) mass is 293 g/mol. The van der Waals surface area contributed by atoms with Crippen molar-refractivity contribution in [2.24, 2.45) is 0 Å². The number of hydrogen-bond acceptors (Lipinski definition) is 1.